The topological polar surface area (TPSA) is 71.1 Å². The van der Waals surface area contributed by atoms with Crippen LogP contribution in [-0.2, 0) is 20.3 Å². The monoisotopic (exact) mass is 396 g/mol. The number of benzene rings is 1. The highest BCUT2D eigenvalue weighted by atomic mass is 28.4. The first-order chi connectivity index (χ1) is 12.4. The van der Waals surface area contributed by atoms with E-state index < -0.39 is 20.3 Å². The fourth-order valence-electron chi connectivity index (χ4n) is 2.63. The third kappa shape index (κ3) is 5.32. The van der Waals surface area contributed by atoms with Crippen LogP contribution in [0.3, 0.4) is 0 Å². The van der Waals surface area contributed by atoms with Crippen molar-refractivity contribution in [3.63, 3.8) is 0 Å². The van der Waals surface area contributed by atoms with Gasteiger partial charge in [-0.2, -0.15) is 0 Å². The minimum Gasteiger partial charge on any atom is -0.495 e. The van der Waals surface area contributed by atoms with Gasteiger partial charge in [0, 0.05) is 6.10 Å². The van der Waals surface area contributed by atoms with Gasteiger partial charge in [0.1, 0.15) is 16.9 Å². The van der Waals surface area contributed by atoms with Crippen molar-refractivity contribution in [2.45, 2.75) is 58.4 Å². The molecule has 0 amide bonds. The molecule has 27 heavy (non-hydrogen) atoms. The average Bonchev–Trinajstić information content (AvgIpc) is 2.58. The molecular formula is C20H32O6Si. The van der Waals surface area contributed by atoms with Crippen molar-refractivity contribution in [2.24, 2.45) is 0 Å². The summed E-state index contributed by atoms with van der Waals surface area (Å²) in [5.74, 6) is -0.980. The first kappa shape index (κ1) is 23.2. The van der Waals surface area contributed by atoms with Crippen molar-refractivity contribution in [3.05, 3.63) is 28.8 Å². The lowest BCUT2D eigenvalue weighted by atomic mass is 9.97. The molecule has 0 aliphatic rings. The quantitative estimate of drug-likeness (QED) is 0.508. The molecule has 0 aliphatic heterocycles. The van der Waals surface area contributed by atoms with Crippen LogP contribution in [0.25, 0.3) is 0 Å². The molecule has 0 heterocycles. The number of rotatable bonds is 7. The summed E-state index contributed by atoms with van der Waals surface area (Å²) in [4.78, 5) is 24.4. The summed E-state index contributed by atoms with van der Waals surface area (Å²) in [6.07, 6.45) is 0.386. The van der Waals surface area contributed by atoms with Gasteiger partial charge in [0.05, 0.1) is 21.3 Å². The highest BCUT2D eigenvalue weighted by molar-refractivity contribution is 6.74. The van der Waals surface area contributed by atoms with Gasteiger partial charge in [-0.3, -0.25) is 0 Å². The SMILES string of the molecule is COC(=O)c1ccc(C[C@@H](C)O[Si](C)(C)C(C)(C)C)c(C(=O)OC)c1OC. The number of esters is 2. The van der Waals surface area contributed by atoms with Gasteiger partial charge >= 0.3 is 11.9 Å². The van der Waals surface area contributed by atoms with Crippen molar-refractivity contribution in [1.29, 1.82) is 0 Å². The van der Waals surface area contributed by atoms with Gasteiger partial charge in [-0.05, 0) is 43.1 Å². The van der Waals surface area contributed by atoms with Crippen molar-refractivity contribution in [2.75, 3.05) is 21.3 Å². The van der Waals surface area contributed by atoms with E-state index in [0.29, 0.717) is 12.0 Å². The van der Waals surface area contributed by atoms with Crippen LogP contribution in [0.5, 0.6) is 5.75 Å². The summed E-state index contributed by atoms with van der Waals surface area (Å²) in [5.41, 5.74) is 1.12. The molecule has 152 valence electrons. The second-order valence-corrected chi connectivity index (χ2v) is 12.8. The van der Waals surface area contributed by atoms with E-state index in [1.54, 1.807) is 12.1 Å². The minimum atomic E-state index is -1.95. The number of ether oxygens (including phenoxy) is 3. The van der Waals surface area contributed by atoms with Crippen LogP contribution in [0.4, 0.5) is 0 Å². The van der Waals surface area contributed by atoms with Gasteiger partial charge in [0.2, 0.25) is 0 Å². The van der Waals surface area contributed by atoms with E-state index in [1.807, 2.05) is 6.92 Å². The molecule has 0 spiro atoms. The molecule has 1 rings (SSSR count). The fourth-order valence-corrected chi connectivity index (χ4v) is 4.08. The molecule has 0 bridgehead atoms. The first-order valence-electron chi connectivity index (χ1n) is 8.94. The average molecular weight is 397 g/mol. The zero-order chi connectivity index (χ0) is 21.0. The van der Waals surface area contributed by atoms with E-state index in [2.05, 4.69) is 33.9 Å². The van der Waals surface area contributed by atoms with Gasteiger partial charge < -0.3 is 18.6 Å². The van der Waals surface area contributed by atoms with Crippen molar-refractivity contribution in [1.82, 2.24) is 0 Å². The molecule has 0 fully saturated rings. The maximum Gasteiger partial charge on any atom is 0.341 e. The van der Waals surface area contributed by atoms with E-state index in [-0.39, 0.29) is 28.0 Å². The van der Waals surface area contributed by atoms with Crippen molar-refractivity contribution < 1.29 is 28.2 Å². The Morgan fingerprint density at radius 1 is 1.04 bits per heavy atom. The van der Waals surface area contributed by atoms with Crippen LogP contribution >= 0.6 is 0 Å². The number of carbonyl (C=O) groups is 2. The third-order valence-electron chi connectivity index (χ3n) is 5.05. The predicted octanol–water partition coefficient (Wildman–Crippen LogP) is 4.22. The summed E-state index contributed by atoms with van der Waals surface area (Å²) >= 11 is 0. The summed E-state index contributed by atoms with van der Waals surface area (Å²) in [5, 5.41) is 0.0822. The van der Waals surface area contributed by atoms with Crippen LogP contribution < -0.4 is 4.74 Å². The van der Waals surface area contributed by atoms with E-state index in [0.717, 1.165) is 0 Å². The standard InChI is InChI=1S/C20H32O6Si/c1-13(26-27(8,9)20(2,3)4)12-14-10-11-15(18(21)24-6)17(23-5)16(14)19(22)25-7/h10-11,13H,12H2,1-9H3/t13-/m1/s1. The molecule has 0 N–H and O–H groups in total. The highest BCUT2D eigenvalue weighted by Crippen LogP contribution is 2.38. The molecule has 1 atom stereocenters. The molecule has 0 radical (unpaired) electrons. The Hall–Kier alpha value is -1.86. The van der Waals surface area contributed by atoms with E-state index in [1.165, 1.54) is 21.3 Å². The van der Waals surface area contributed by atoms with Gasteiger partial charge in [0.15, 0.2) is 8.32 Å². The summed E-state index contributed by atoms with van der Waals surface area (Å²) < 4.78 is 21.5. The Morgan fingerprint density at radius 2 is 1.59 bits per heavy atom. The molecule has 1 aromatic carbocycles. The predicted molar refractivity (Wildman–Crippen MR) is 107 cm³/mol. The normalized spacial score (nSPS) is 13.1. The smallest absolute Gasteiger partial charge is 0.341 e. The Morgan fingerprint density at radius 3 is 2.04 bits per heavy atom. The van der Waals surface area contributed by atoms with Crippen molar-refractivity contribution >= 4 is 20.3 Å². The Balaban J connectivity index is 3.31. The lowest BCUT2D eigenvalue weighted by Crippen LogP contribution is -2.43. The lowest BCUT2D eigenvalue weighted by Gasteiger charge is -2.38. The third-order valence-corrected chi connectivity index (χ3v) is 9.66. The Kier molecular flexibility index (Phi) is 7.63. The highest BCUT2D eigenvalue weighted by Gasteiger charge is 2.38. The second kappa shape index (κ2) is 8.88. The summed E-state index contributed by atoms with van der Waals surface area (Å²) in [7, 11) is 2.04. The van der Waals surface area contributed by atoms with Gasteiger partial charge in [-0.25, -0.2) is 9.59 Å². The molecular weight excluding hydrogens is 364 g/mol. The van der Waals surface area contributed by atoms with Crippen LogP contribution in [0.2, 0.25) is 18.1 Å². The first-order valence-corrected chi connectivity index (χ1v) is 11.8. The van der Waals surface area contributed by atoms with E-state index in [9.17, 15) is 9.59 Å². The zero-order valence-corrected chi connectivity index (χ0v) is 18.9. The Labute approximate surface area is 163 Å². The van der Waals surface area contributed by atoms with E-state index in [4.69, 9.17) is 18.6 Å². The molecule has 0 unspecified atom stereocenters. The Bertz CT molecular complexity index is 690. The fraction of sp³-hybridized carbons (Fsp3) is 0.600. The molecule has 6 nitrogen and oxygen atoms in total. The number of carbonyl (C=O) groups excluding carboxylic acids is 2. The molecule has 0 saturated carbocycles. The summed E-state index contributed by atoms with van der Waals surface area (Å²) in [6.45, 7) is 12.9. The van der Waals surface area contributed by atoms with E-state index >= 15 is 0 Å². The minimum absolute atomic E-state index is 0.0822. The largest absolute Gasteiger partial charge is 0.495 e. The zero-order valence-electron chi connectivity index (χ0n) is 17.9. The number of hydrogen-bond acceptors (Lipinski definition) is 6. The van der Waals surface area contributed by atoms with Gasteiger partial charge in [0.25, 0.3) is 0 Å². The van der Waals surface area contributed by atoms with Crippen LogP contribution in [0.15, 0.2) is 12.1 Å². The molecule has 0 aromatic heterocycles. The lowest BCUT2D eigenvalue weighted by molar-refractivity contribution is 0.0590. The molecule has 7 heteroatoms. The summed E-state index contributed by atoms with van der Waals surface area (Å²) in [6, 6.07) is 3.33. The van der Waals surface area contributed by atoms with Crippen molar-refractivity contribution in [3.8, 4) is 5.75 Å². The van der Waals surface area contributed by atoms with Crippen LogP contribution in [-0.4, -0.2) is 47.7 Å². The molecule has 0 saturated heterocycles. The number of hydrogen-bond donors (Lipinski definition) is 0. The van der Waals surface area contributed by atoms with Gasteiger partial charge in [-0.1, -0.05) is 26.8 Å². The molecule has 1 aromatic rings. The van der Waals surface area contributed by atoms with Crippen LogP contribution in [0.1, 0.15) is 54.0 Å². The van der Waals surface area contributed by atoms with Gasteiger partial charge in [-0.15, -0.1) is 0 Å². The molecule has 0 aliphatic carbocycles. The number of methoxy groups -OCH3 is 3. The van der Waals surface area contributed by atoms with Crippen LogP contribution in [0, 0.1) is 0 Å². The second-order valence-electron chi connectivity index (χ2n) is 8.06. The maximum absolute atomic E-state index is 12.4. The maximum atomic E-state index is 12.4.